The van der Waals surface area contributed by atoms with E-state index in [0.29, 0.717) is 0 Å². The highest BCUT2D eigenvalue weighted by Crippen LogP contribution is 2.42. The Morgan fingerprint density at radius 2 is 1.95 bits per heavy atom. The summed E-state index contributed by atoms with van der Waals surface area (Å²) >= 11 is 0. The number of aryl methyl sites for hydroxylation is 1. The zero-order chi connectivity index (χ0) is 15.4. The molecule has 1 aliphatic rings. The normalized spacial score (nSPS) is 17.0. The van der Waals surface area contributed by atoms with Crippen LogP contribution in [-0.2, 0) is 13.0 Å². The van der Waals surface area contributed by atoms with Crippen LogP contribution in [0.4, 0.5) is 0 Å². The summed E-state index contributed by atoms with van der Waals surface area (Å²) in [5, 5.41) is 4.65. The average Bonchev–Trinajstić information content (AvgIpc) is 2.82. The summed E-state index contributed by atoms with van der Waals surface area (Å²) in [6.07, 6.45) is 0.938. The monoisotopic (exact) mass is 287 g/mol. The summed E-state index contributed by atoms with van der Waals surface area (Å²) in [7, 11) is 0. The lowest BCUT2D eigenvalue weighted by Crippen LogP contribution is -2.35. The van der Waals surface area contributed by atoms with Crippen LogP contribution in [0.25, 0.3) is 11.0 Å². The number of hydrogen-bond donors (Lipinski definition) is 1. The minimum atomic E-state index is -0.138. The first kappa shape index (κ1) is 14.5. The number of furan rings is 1. The zero-order valence-electron chi connectivity index (χ0n) is 13.9. The van der Waals surface area contributed by atoms with Gasteiger partial charge in [-0.15, -0.1) is 0 Å². The second-order valence-corrected chi connectivity index (χ2v) is 7.72. The molecule has 1 aromatic carbocycles. The molecule has 0 aliphatic carbocycles. The molecule has 0 bridgehead atoms. The first-order chi connectivity index (χ1) is 9.66. The maximum absolute atomic E-state index is 6.14. The van der Waals surface area contributed by atoms with Crippen molar-refractivity contribution >= 4 is 11.0 Å². The third kappa shape index (κ3) is 2.67. The van der Waals surface area contributed by atoms with E-state index in [1.165, 1.54) is 11.1 Å². The van der Waals surface area contributed by atoms with Gasteiger partial charge in [0.25, 0.3) is 0 Å². The van der Waals surface area contributed by atoms with Crippen LogP contribution < -0.4 is 10.1 Å². The molecule has 0 saturated heterocycles. The molecule has 0 spiro atoms. The van der Waals surface area contributed by atoms with Crippen LogP contribution in [0.1, 0.15) is 51.5 Å². The highest BCUT2D eigenvalue weighted by Gasteiger charge is 2.33. The molecular formula is C18H25NO2. The summed E-state index contributed by atoms with van der Waals surface area (Å²) in [6.45, 7) is 13.6. The van der Waals surface area contributed by atoms with Gasteiger partial charge in [0.2, 0.25) is 0 Å². The fourth-order valence-corrected chi connectivity index (χ4v) is 2.89. The van der Waals surface area contributed by atoms with Gasteiger partial charge in [-0.1, -0.05) is 12.1 Å². The average molecular weight is 287 g/mol. The summed E-state index contributed by atoms with van der Waals surface area (Å²) in [5.74, 6) is 1.93. The summed E-state index contributed by atoms with van der Waals surface area (Å²) in [5.41, 5.74) is 3.29. The second-order valence-electron chi connectivity index (χ2n) is 7.72. The SMILES string of the molecule is Cc1c(CNC(C)(C)C)oc2c3c(ccc12)CC(C)(C)O3. The van der Waals surface area contributed by atoms with Crippen molar-refractivity contribution < 1.29 is 9.15 Å². The van der Waals surface area contributed by atoms with Crippen LogP contribution in [0.2, 0.25) is 0 Å². The van der Waals surface area contributed by atoms with E-state index in [2.05, 4.69) is 59.0 Å². The van der Waals surface area contributed by atoms with Gasteiger partial charge in [-0.05, 0) is 47.1 Å². The fourth-order valence-electron chi connectivity index (χ4n) is 2.89. The van der Waals surface area contributed by atoms with E-state index in [1.807, 2.05) is 0 Å². The van der Waals surface area contributed by atoms with Gasteiger partial charge < -0.3 is 14.5 Å². The third-order valence-electron chi connectivity index (χ3n) is 4.02. The molecule has 3 nitrogen and oxygen atoms in total. The largest absolute Gasteiger partial charge is 0.483 e. The lowest BCUT2D eigenvalue weighted by atomic mass is 10.0. The van der Waals surface area contributed by atoms with Gasteiger partial charge >= 0.3 is 0 Å². The first-order valence-electron chi connectivity index (χ1n) is 7.64. The van der Waals surface area contributed by atoms with Gasteiger partial charge in [-0.2, -0.15) is 0 Å². The van der Waals surface area contributed by atoms with Crippen molar-refractivity contribution in [1.82, 2.24) is 5.32 Å². The van der Waals surface area contributed by atoms with E-state index in [1.54, 1.807) is 0 Å². The zero-order valence-corrected chi connectivity index (χ0v) is 13.9. The third-order valence-corrected chi connectivity index (χ3v) is 4.02. The van der Waals surface area contributed by atoms with E-state index in [9.17, 15) is 0 Å². The standard InChI is InChI=1S/C18H25NO2/c1-11-13-8-7-12-9-18(5,6)21-15(12)16(13)20-14(11)10-19-17(2,3)4/h7-8,19H,9-10H2,1-6H3. The maximum atomic E-state index is 6.14. The predicted octanol–water partition coefficient (Wildman–Crippen LogP) is 4.34. The van der Waals surface area contributed by atoms with Gasteiger partial charge in [0, 0.05) is 22.9 Å². The smallest absolute Gasteiger partial charge is 0.176 e. The Kier molecular flexibility index (Phi) is 3.10. The summed E-state index contributed by atoms with van der Waals surface area (Å²) in [4.78, 5) is 0. The second kappa shape index (κ2) is 4.51. The van der Waals surface area contributed by atoms with E-state index in [-0.39, 0.29) is 11.1 Å². The van der Waals surface area contributed by atoms with E-state index < -0.39 is 0 Å². The Balaban J connectivity index is 2.02. The number of hydrogen-bond acceptors (Lipinski definition) is 3. The summed E-state index contributed by atoms with van der Waals surface area (Å²) in [6, 6.07) is 4.34. The molecule has 0 saturated carbocycles. The molecule has 0 fully saturated rings. The van der Waals surface area contributed by atoms with Crippen LogP contribution in [-0.4, -0.2) is 11.1 Å². The van der Waals surface area contributed by atoms with Crippen molar-refractivity contribution in [3.63, 3.8) is 0 Å². The van der Waals surface area contributed by atoms with Crippen LogP contribution in [0.5, 0.6) is 5.75 Å². The van der Waals surface area contributed by atoms with E-state index >= 15 is 0 Å². The molecule has 3 heteroatoms. The quantitative estimate of drug-likeness (QED) is 0.892. The Bertz CT molecular complexity index is 689. The minimum absolute atomic E-state index is 0.0753. The topological polar surface area (TPSA) is 34.4 Å². The molecule has 2 aromatic rings. The molecule has 21 heavy (non-hydrogen) atoms. The fraction of sp³-hybridized carbons (Fsp3) is 0.556. The first-order valence-corrected chi connectivity index (χ1v) is 7.64. The lowest BCUT2D eigenvalue weighted by molar-refractivity contribution is 0.138. The Hall–Kier alpha value is -1.48. The highest BCUT2D eigenvalue weighted by atomic mass is 16.5. The lowest BCUT2D eigenvalue weighted by Gasteiger charge is -2.19. The number of fused-ring (bicyclic) bond motifs is 3. The molecule has 114 valence electrons. The van der Waals surface area contributed by atoms with Crippen molar-refractivity contribution in [3.05, 3.63) is 29.0 Å². The van der Waals surface area contributed by atoms with Crippen molar-refractivity contribution in [2.75, 3.05) is 0 Å². The van der Waals surface area contributed by atoms with E-state index in [4.69, 9.17) is 9.15 Å². The van der Waals surface area contributed by atoms with Gasteiger partial charge in [-0.3, -0.25) is 0 Å². The van der Waals surface area contributed by atoms with Crippen LogP contribution in [0, 0.1) is 6.92 Å². The molecule has 0 radical (unpaired) electrons. The van der Waals surface area contributed by atoms with Crippen LogP contribution in [0.15, 0.2) is 16.5 Å². The molecule has 0 amide bonds. The van der Waals surface area contributed by atoms with Crippen LogP contribution in [0.3, 0.4) is 0 Å². The van der Waals surface area contributed by atoms with Gasteiger partial charge in [0.05, 0.1) is 6.54 Å². The minimum Gasteiger partial charge on any atom is -0.483 e. The molecule has 3 rings (SSSR count). The highest BCUT2D eigenvalue weighted by molar-refractivity contribution is 5.89. The van der Waals surface area contributed by atoms with Crippen LogP contribution >= 0.6 is 0 Å². The number of ether oxygens (including phenoxy) is 1. The Morgan fingerprint density at radius 1 is 1.24 bits per heavy atom. The molecule has 2 heterocycles. The van der Waals surface area contributed by atoms with Crippen molar-refractivity contribution in [1.29, 1.82) is 0 Å². The Labute approximate surface area is 126 Å². The molecule has 1 N–H and O–H groups in total. The van der Waals surface area contributed by atoms with E-state index in [0.717, 1.165) is 35.4 Å². The summed E-state index contributed by atoms with van der Waals surface area (Å²) < 4.78 is 12.3. The molecule has 0 unspecified atom stereocenters. The number of rotatable bonds is 2. The van der Waals surface area contributed by atoms with Gasteiger partial charge in [0.1, 0.15) is 11.4 Å². The number of benzene rings is 1. The molecule has 1 aromatic heterocycles. The Morgan fingerprint density at radius 3 is 2.62 bits per heavy atom. The number of nitrogens with one attached hydrogen (secondary N) is 1. The predicted molar refractivity (Wildman–Crippen MR) is 86.0 cm³/mol. The van der Waals surface area contributed by atoms with Gasteiger partial charge in [-0.25, -0.2) is 0 Å². The van der Waals surface area contributed by atoms with Crippen molar-refractivity contribution in [2.45, 2.75) is 65.6 Å². The molecular weight excluding hydrogens is 262 g/mol. The van der Waals surface area contributed by atoms with Crippen molar-refractivity contribution in [2.24, 2.45) is 0 Å². The van der Waals surface area contributed by atoms with Gasteiger partial charge in [0.15, 0.2) is 11.3 Å². The van der Waals surface area contributed by atoms with Crippen molar-refractivity contribution in [3.8, 4) is 5.75 Å². The maximum Gasteiger partial charge on any atom is 0.176 e. The molecule has 1 aliphatic heterocycles. The molecule has 0 atom stereocenters.